The van der Waals surface area contributed by atoms with E-state index in [-0.39, 0.29) is 29.0 Å². The fraction of sp³-hybridized carbons (Fsp3) is 0.259. The fourth-order valence-corrected chi connectivity index (χ4v) is 4.14. The highest BCUT2D eigenvalue weighted by Crippen LogP contribution is 2.42. The molecule has 2 heterocycles. The van der Waals surface area contributed by atoms with Gasteiger partial charge in [0.15, 0.2) is 0 Å². The van der Waals surface area contributed by atoms with Gasteiger partial charge in [0.1, 0.15) is 17.3 Å². The Balaban J connectivity index is 1.92. The molecule has 0 radical (unpaired) electrons. The number of rotatable bonds is 4. The second-order valence-electron chi connectivity index (χ2n) is 9.38. The first-order valence-electron chi connectivity index (χ1n) is 10.8. The topological polar surface area (TPSA) is 91.0 Å². The molecule has 3 aromatic rings. The van der Waals surface area contributed by atoms with Crippen LogP contribution in [0.4, 0.5) is 0 Å². The second kappa shape index (κ2) is 8.28. The maximum Gasteiger partial charge on any atom is 0.296 e. The van der Waals surface area contributed by atoms with Crippen molar-refractivity contribution >= 4 is 17.4 Å². The Morgan fingerprint density at radius 2 is 1.82 bits per heavy atom. The van der Waals surface area contributed by atoms with E-state index in [0.29, 0.717) is 16.9 Å². The lowest BCUT2D eigenvalue weighted by molar-refractivity contribution is -0.140. The summed E-state index contributed by atoms with van der Waals surface area (Å²) in [7, 11) is 0. The van der Waals surface area contributed by atoms with Crippen molar-refractivity contribution in [2.24, 2.45) is 0 Å². The fourth-order valence-electron chi connectivity index (χ4n) is 4.14. The summed E-state index contributed by atoms with van der Waals surface area (Å²) >= 11 is 0. The van der Waals surface area contributed by atoms with E-state index in [1.54, 1.807) is 24.3 Å². The number of Topliss-reactive ketones (excluding diaryl/α,β-unsaturated/α-hetero) is 1. The minimum atomic E-state index is -0.875. The van der Waals surface area contributed by atoms with Gasteiger partial charge in [-0.3, -0.25) is 9.59 Å². The zero-order valence-electron chi connectivity index (χ0n) is 19.1. The van der Waals surface area contributed by atoms with Gasteiger partial charge in [0.2, 0.25) is 0 Å². The first-order chi connectivity index (χ1) is 15.6. The van der Waals surface area contributed by atoms with Crippen LogP contribution in [-0.4, -0.2) is 26.8 Å². The number of aliphatic hydroxyl groups is 1. The summed E-state index contributed by atoms with van der Waals surface area (Å²) < 4.78 is 5.41. The zero-order chi connectivity index (χ0) is 23.9. The summed E-state index contributed by atoms with van der Waals surface area (Å²) in [6, 6.07) is 14.7. The van der Waals surface area contributed by atoms with Crippen molar-refractivity contribution in [1.29, 1.82) is 0 Å². The van der Waals surface area contributed by atoms with E-state index in [1.165, 1.54) is 23.3 Å². The van der Waals surface area contributed by atoms with Gasteiger partial charge in [-0.15, -0.1) is 0 Å². The summed E-state index contributed by atoms with van der Waals surface area (Å²) in [5.41, 5.74) is 2.63. The zero-order valence-corrected chi connectivity index (χ0v) is 19.1. The molecule has 1 fully saturated rings. The molecular formula is C27H27NO5. The molecule has 1 aliphatic rings. The van der Waals surface area contributed by atoms with Crippen LogP contribution in [0.2, 0.25) is 0 Å². The van der Waals surface area contributed by atoms with Crippen LogP contribution in [0.25, 0.3) is 5.76 Å². The molecule has 1 atom stereocenters. The number of amides is 1. The van der Waals surface area contributed by atoms with Crippen LogP contribution in [0, 0.1) is 6.92 Å². The summed E-state index contributed by atoms with van der Waals surface area (Å²) in [5, 5.41) is 21.5. The van der Waals surface area contributed by atoms with Crippen LogP contribution in [0.5, 0.6) is 5.75 Å². The standard InChI is InChI=1S/C27H27NO5/c1-16-10-11-18(27(2,3)4)14-21(16)24(30)22-23(17-7-5-8-19(29)13-17)28(26(32)25(22)31)15-20-9-6-12-33-20/h5-14,23,29-30H,15H2,1-4H3/b24-22+. The number of phenols is 1. The molecule has 4 rings (SSSR count). The third-order valence-electron chi connectivity index (χ3n) is 5.99. The molecule has 0 spiro atoms. The van der Waals surface area contributed by atoms with E-state index in [1.807, 2.05) is 25.1 Å². The molecule has 0 bridgehead atoms. The van der Waals surface area contributed by atoms with Crippen LogP contribution in [0.15, 0.2) is 70.9 Å². The number of aliphatic hydroxyl groups excluding tert-OH is 1. The molecule has 1 saturated heterocycles. The van der Waals surface area contributed by atoms with Gasteiger partial charge in [-0.2, -0.15) is 0 Å². The summed E-state index contributed by atoms with van der Waals surface area (Å²) in [4.78, 5) is 27.7. The maximum atomic E-state index is 13.2. The molecule has 1 aliphatic heterocycles. The Morgan fingerprint density at radius 3 is 2.45 bits per heavy atom. The van der Waals surface area contributed by atoms with Crippen LogP contribution in [0.3, 0.4) is 0 Å². The average Bonchev–Trinajstić information content (AvgIpc) is 3.35. The Hall–Kier alpha value is -3.80. The van der Waals surface area contributed by atoms with Crippen molar-refractivity contribution in [3.05, 3.63) is 94.4 Å². The monoisotopic (exact) mass is 445 g/mol. The van der Waals surface area contributed by atoms with Crippen molar-refractivity contribution in [2.45, 2.75) is 45.7 Å². The Kier molecular flexibility index (Phi) is 5.62. The summed E-state index contributed by atoms with van der Waals surface area (Å²) in [6.45, 7) is 8.10. The van der Waals surface area contributed by atoms with Gasteiger partial charge >= 0.3 is 0 Å². The van der Waals surface area contributed by atoms with E-state index in [9.17, 15) is 19.8 Å². The van der Waals surface area contributed by atoms with Gasteiger partial charge in [0, 0.05) is 5.56 Å². The van der Waals surface area contributed by atoms with Gasteiger partial charge in [-0.05, 0) is 59.4 Å². The quantitative estimate of drug-likeness (QED) is 0.327. The van der Waals surface area contributed by atoms with Crippen molar-refractivity contribution in [1.82, 2.24) is 4.90 Å². The van der Waals surface area contributed by atoms with E-state index in [4.69, 9.17) is 4.42 Å². The third kappa shape index (κ3) is 4.16. The van der Waals surface area contributed by atoms with Gasteiger partial charge in [-0.1, -0.05) is 45.0 Å². The van der Waals surface area contributed by atoms with Crippen LogP contribution >= 0.6 is 0 Å². The average molecular weight is 446 g/mol. The number of phenolic OH excluding ortho intramolecular Hbond substituents is 1. The number of aromatic hydroxyl groups is 1. The molecule has 1 amide bonds. The lowest BCUT2D eigenvalue weighted by atomic mass is 9.84. The number of hydrogen-bond donors (Lipinski definition) is 2. The van der Waals surface area contributed by atoms with Gasteiger partial charge in [0.25, 0.3) is 11.7 Å². The third-order valence-corrected chi connectivity index (χ3v) is 5.99. The summed E-state index contributed by atoms with van der Waals surface area (Å²) in [5.74, 6) is -1.22. The molecule has 0 aliphatic carbocycles. The van der Waals surface area contributed by atoms with Gasteiger partial charge < -0.3 is 19.5 Å². The number of hydrogen-bond acceptors (Lipinski definition) is 5. The predicted octanol–water partition coefficient (Wildman–Crippen LogP) is 5.21. The summed E-state index contributed by atoms with van der Waals surface area (Å²) in [6.07, 6.45) is 1.50. The minimum Gasteiger partial charge on any atom is -0.508 e. The van der Waals surface area contributed by atoms with Crippen LogP contribution < -0.4 is 0 Å². The van der Waals surface area contributed by atoms with E-state index < -0.39 is 17.7 Å². The van der Waals surface area contributed by atoms with E-state index >= 15 is 0 Å². The molecule has 1 unspecified atom stereocenters. The second-order valence-corrected chi connectivity index (χ2v) is 9.38. The highest BCUT2D eigenvalue weighted by molar-refractivity contribution is 6.46. The smallest absolute Gasteiger partial charge is 0.296 e. The van der Waals surface area contributed by atoms with E-state index in [2.05, 4.69) is 20.8 Å². The number of ketones is 1. The number of nitrogens with zero attached hydrogens (tertiary/aromatic N) is 1. The molecule has 2 aromatic carbocycles. The highest BCUT2D eigenvalue weighted by Gasteiger charge is 2.46. The number of likely N-dealkylation sites (tertiary alicyclic amines) is 1. The highest BCUT2D eigenvalue weighted by atomic mass is 16.3. The lowest BCUT2D eigenvalue weighted by Crippen LogP contribution is -2.29. The molecule has 2 N–H and O–H groups in total. The molecular weight excluding hydrogens is 418 g/mol. The Bertz CT molecular complexity index is 1250. The van der Waals surface area contributed by atoms with Crippen molar-refractivity contribution in [3.8, 4) is 5.75 Å². The number of furan rings is 1. The predicted molar refractivity (Wildman–Crippen MR) is 125 cm³/mol. The molecule has 6 heteroatoms. The van der Waals surface area contributed by atoms with Crippen molar-refractivity contribution in [3.63, 3.8) is 0 Å². The van der Waals surface area contributed by atoms with E-state index in [0.717, 1.165) is 11.1 Å². The number of aryl methyl sites for hydroxylation is 1. The number of benzene rings is 2. The first kappa shape index (κ1) is 22.4. The molecule has 6 nitrogen and oxygen atoms in total. The van der Waals surface area contributed by atoms with Gasteiger partial charge in [0.05, 0.1) is 24.4 Å². The van der Waals surface area contributed by atoms with Crippen molar-refractivity contribution in [2.75, 3.05) is 0 Å². The molecule has 170 valence electrons. The number of carbonyl (C=O) groups excluding carboxylic acids is 2. The van der Waals surface area contributed by atoms with Crippen molar-refractivity contribution < 1.29 is 24.2 Å². The Labute approximate surface area is 192 Å². The molecule has 1 aromatic heterocycles. The maximum absolute atomic E-state index is 13.2. The largest absolute Gasteiger partial charge is 0.508 e. The van der Waals surface area contributed by atoms with Crippen LogP contribution in [0.1, 0.15) is 54.8 Å². The van der Waals surface area contributed by atoms with Gasteiger partial charge in [-0.25, -0.2) is 0 Å². The first-order valence-corrected chi connectivity index (χ1v) is 10.8. The SMILES string of the molecule is Cc1ccc(C(C)(C)C)cc1/C(O)=C1\C(=O)C(=O)N(Cc2ccco2)C1c1cccc(O)c1. The lowest BCUT2D eigenvalue weighted by Gasteiger charge is -2.25. The molecule has 33 heavy (non-hydrogen) atoms. The Morgan fingerprint density at radius 1 is 1.06 bits per heavy atom. The normalized spacial score (nSPS) is 18.2. The number of carbonyl (C=O) groups is 2. The molecule has 0 saturated carbocycles. The van der Waals surface area contributed by atoms with Crippen LogP contribution in [-0.2, 0) is 21.5 Å². The minimum absolute atomic E-state index is 0.00185.